The first-order valence-electron chi connectivity index (χ1n) is 12.7. The number of ether oxygens (including phenoxy) is 2. The molecule has 0 heterocycles. The second-order valence-electron chi connectivity index (χ2n) is 9.34. The first kappa shape index (κ1) is 25.0. The molecule has 0 aromatic heterocycles. The lowest BCUT2D eigenvalue weighted by Gasteiger charge is -2.29. The molecule has 0 spiro atoms. The summed E-state index contributed by atoms with van der Waals surface area (Å²) < 4.78 is 40.1. The van der Waals surface area contributed by atoms with Gasteiger partial charge in [-0.25, -0.2) is 4.39 Å². The topological polar surface area (TPSA) is 18.5 Å². The van der Waals surface area contributed by atoms with Crippen LogP contribution in [0, 0.1) is 23.5 Å². The van der Waals surface area contributed by atoms with Gasteiger partial charge in [0.1, 0.15) is 0 Å². The zero-order chi connectivity index (χ0) is 22.8. The van der Waals surface area contributed by atoms with Crippen molar-refractivity contribution in [1.82, 2.24) is 0 Å². The maximum Gasteiger partial charge on any atom is 0.201 e. The van der Waals surface area contributed by atoms with Crippen LogP contribution in [0.4, 0.5) is 8.78 Å². The van der Waals surface area contributed by atoms with Crippen molar-refractivity contribution in [1.29, 1.82) is 0 Å². The van der Waals surface area contributed by atoms with Gasteiger partial charge >= 0.3 is 0 Å². The van der Waals surface area contributed by atoms with Crippen LogP contribution in [-0.2, 0) is 4.74 Å². The molecular formula is C28H40F2O2. The predicted molar refractivity (Wildman–Crippen MR) is 128 cm³/mol. The summed E-state index contributed by atoms with van der Waals surface area (Å²) in [5.74, 6) is -0.318. The van der Waals surface area contributed by atoms with Crippen LogP contribution >= 0.6 is 0 Å². The first-order valence-corrected chi connectivity index (χ1v) is 12.7. The van der Waals surface area contributed by atoms with Gasteiger partial charge in [-0.05, 0) is 94.3 Å². The Kier molecular flexibility index (Phi) is 10.2. The summed E-state index contributed by atoms with van der Waals surface area (Å²) in [6.07, 6.45) is 19.6. The smallest absolute Gasteiger partial charge is 0.201 e. The molecule has 1 fully saturated rings. The fraction of sp³-hybridized carbons (Fsp3) is 0.643. The average molecular weight is 447 g/mol. The Morgan fingerprint density at radius 2 is 1.81 bits per heavy atom. The van der Waals surface area contributed by atoms with Gasteiger partial charge < -0.3 is 9.47 Å². The average Bonchev–Trinajstić information content (AvgIpc) is 2.82. The lowest BCUT2D eigenvalue weighted by Crippen LogP contribution is -2.23. The molecule has 0 N–H and O–H groups in total. The van der Waals surface area contributed by atoms with E-state index in [2.05, 4.69) is 19.1 Å². The van der Waals surface area contributed by atoms with E-state index in [1.165, 1.54) is 57.4 Å². The van der Waals surface area contributed by atoms with Crippen molar-refractivity contribution in [2.24, 2.45) is 11.8 Å². The highest BCUT2D eigenvalue weighted by molar-refractivity contribution is 5.67. The number of hydrogen-bond donors (Lipinski definition) is 0. The minimum atomic E-state index is -0.893. The zero-order valence-electron chi connectivity index (χ0n) is 19.9. The summed E-state index contributed by atoms with van der Waals surface area (Å²) >= 11 is 0. The number of hydrogen-bond acceptors (Lipinski definition) is 2. The molecule has 2 nitrogen and oxygen atoms in total. The van der Waals surface area contributed by atoms with Crippen LogP contribution in [0.3, 0.4) is 0 Å². The SMILES string of the molecule is CCCCC/C=C/C1CCC(COC2CC=C(c3ccc(OCC)c(F)c3F)CC2)CC1. The number of rotatable bonds is 11. The third-order valence-corrected chi connectivity index (χ3v) is 6.90. The summed E-state index contributed by atoms with van der Waals surface area (Å²) in [7, 11) is 0. The van der Waals surface area contributed by atoms with Crippen molar-refractivity contribution >= 4 is 5.57 Å². The maximum absolute atomic E-state index is 14.5. The largest absolute Gasteiger partial charge is 0.491 e. The standard InChI is InChI=1S/C28H40F2O2/c1-3-5-6-7-8-9-21-10-12-22(13-11-21)20-32-24-16-14-23(15-17-24)25-18-19-26(31-4-2)28(30)27(25)29/h8-9,14,18-19,21-22,24H,3-7,10-13,15-17,20H2,1-2H3/b9-8+. The zero-order valence-corrected chi connectivity index (χ0v) is 19.9. The van der Waals surface area contributed by atoms with E-state index in [0.29, 0.717) is 24.5 Å². The van der Waals surface area contributed by atoms with Crippen LogP contribution in [-0.4, -0.2) is 19.3 Å². The fourth-order valence-electron chi connectivity index (χ4n) is 4.87. The van der Waals surface area contributed by atoms with Gasteiger partial charge in [0, 0.05) is 12.2 Å². The number of unbranched alkanes of at least 4 members (excludes halogenated alkanes) is 3. The first-order chi connectivity index (χ1) is 15.6. The van der Waals surface area contributed by atoms with E-state index >= 15 is 0 Å². The van der Waals surface area contributed by atoms with Gasteiger partial charge in [-0.1, -0.05) is 38.0 Å². The highest BCUT2D eigenvalue weighted by Crippen LogP contribution is 2.34. The molecule has 0 amide bonds. The quantitative estimate of drug-likeness (QED) is 0.252. The summed E-state index contributed by atoms with van der Waals surface area (Å²) in [5, 5.41) is 0. The second-order valence-corrected chi connectivity index (χ2v) is 9.34. The van der Waals surface area contributed by atoms with Gasteiger partial charge in [0.15, 0.2) is 11.6 Å². The number of benzene rings is 1. The van der Waals surface area contributed by atoms with Gasteiger partial charge in [-0.15, -0.1) is 0 Å². The molecular weight excluding hydrogens is 406 g/mol. The minimum Gasteiger partial charge on any atom is -0.491 e. The van der Waals surface area contributed by atoms with Gasteiger partial charge in [-0.3, -0.25) is 0 Å². The Morgan fingerprint density at radius 1 is 1.00 bits per heavy atom. The Labute approximate surface area is 193 Å². The van der Waals surface area contributed by atoms with E-state index < -0.39 is 11.6 Å². The monoisotopic (exact) mass is 446 g/mol. The molecule has 1 aromatic rings. The molecule has 1 atom stereocenters. The predicted octanol–water partition coefficient (Wildman–Crippen LogP) is 8.26. The van der Waals surface area contributed by atoms with Crippen molar-refractivity contribution in [2.45, 2.75) is 90.6 Å². The highest BCUT2D eigenvalue weighted by Gasteiger charge is 2.24. The van der Waals surface area contributed by atoms with Gasteiger partial charge in [0.05, 0.1) is 12.7 Å². The van der Waals surface area contributed by atoms with E-state index in [-0.39, 0.29) is 11.9 Å². The Morgan fingerprint density at radius 3 is 2.50 bits per heavy atom. The van der Waals surface area contributed by atoms with Crippen molar-refractivity contribution in [3.05, 3.63) is 47.6 Å². The van der Waals surface area contributed by atoms with E-state index in [1.54, 1.807) is 13.0 Å². The molecule has 1 aromatic carbocycles. The molecule has 2 aliphatic carbocycles. The van der Waals surface area contributed by atoms with E-state index in [0.717, 1.165) is 30.9 Å². The van der Waals surface area contributed by atoms with Crippen molar-refractivity contribution in [3.63, 3.8) is 0 Å². The Hall–Kier alpha value is -1.68. The molecule has 178 valence electrons. The van der Waals surface area contributed by atoms with Crippen LogP contribution in [0.1, 0.15) is 90.0 Å². The summed E-state index contributed by atoms with van der Waals surface area (Å²) in [6.45, 7) is 5.15. The molecule has 0 radical (unpaired) electrons. The Balaban J connectivity index is 1.40. The highest BCUT2D eigenvalue weighted by atomic mass is 19.2. The van der Waals surface area contributed by atoms with Gasteiger partial charge in [-0.2, -0.15) is 4.39 Å². The van der Waals surface area contributed by atoms with Crippen LogP contribution in [0.5, 0.6) is 5.75 Å². The van der Waals surface area contributed by atoms with Crippen LogP contribution in [0.2, 0.25) is 0 Å². The van der Waals surface area contributed by atoms with Gasteiger partial charge in [0.25, 0.3) is 0 Å². The molecule has 4 heteroatoms. The third kappa shape index (κ3) is 7.16. The number of allylic oxidation sites excluding steroid dienone is 3. The molecule has 2 aliphatic rings. The van der Waals surface area contributed by atoms with Crippen LogP contribution in [0.15, 0.2) is 30.4 Å². The summed E-state index contributed by atoms with van der Waals surface area (Å²) in [5.41, 5.74) is 1.22. The lowest BCUT2D eigenvalue weighted by atomic mass is 9.82. The van der Waals surface area contributed by atoms with Gasteiger partial charge in [0.2, 0.25) is 5.82 Å². The van der Waals surface area contributed by atoms with E-state index in [4.69, 9.17) is 9.47 Å². The molecule has 3 rings (SSSR count). The molecule has 1 unspecified atom stereocenters. The fourth-order valence-corrected chi connectivity index (χ4v) is 4.87. The van der Waals surface area contributed by atoms with Crippen molar-refractivity contribution in [3.8, 4) is 5.75 Å². The second kappa shape index (κ2) is 13.1. The maximum atomic E-state index is 14.5. The molecule has 0 saturated heterocycles. The van der Waals surface area contributed by atoms with Crippen LogP contribution in [0.25, 0.3) is 5.57 Å². The lowest BCUT2D eigenvalue weighted by molar-refractivity contribution is 0.0149. The van der Waals surface area contributed by atoms with E-state index in [1.807, 2.05) is 6.08 Å². The third-order valence-electron chi connectivity index (χ3n) is 6.90. The molecule has 32 heavy (non-hydrogen) atoms. The van der Waals surface area contributed by atoms with Crippen molar-refractivity contribution in [2.75, 3.05) is 13.2 Å². The summed E-state index contributed by atoms with van der Waals surface area (Å²) in [6, 6.07) is 3.16. The summed E-state index contributed by atoms with van der Waals surface area (Å²) in [4.78, 5) is 0. The number of halogens is 2. The molecule has 1 saturated carbocycles. The Bertz CT molecular complexity index is 763. The van der Waals surface area contributed by atoms with E-state index in [9.17, 15) is 8.78 Å². The van der Waals surface area contributed by atoms with Crippen molar-refractivity contribution < 1.29 is 18.3 Å². The van der Waals surface area contributed by atoms with Crippen LogP contribution < -0.4 is 4.74 Å². The molecule has 0 bridgehead atoms. The molecule has 0 aliphatic heterocycles. The minimum absolute atomic E-state index is 0.0203. The normalized spacial score (nSPS) is 24.0.